The molecule has 4 aromatic carbocycles. The Balaban J connectivity index is 0.00000514. The van der Waals surface area contributed by atoms with Crippen LogP contribution < -0.4 is 19.9 Å². The van der Waals surface area contributed by atoms with Crippen molar-refractivity contribution in [1.82, 2.24) is 19.9 Å². The van der Waals surface area contributed by atoms with Gasteiger partial charge in [0.2, 0.25) is 0 Å². The van der Waals surface area contributed by atoms with Gasteiger partial charge in [-0.15, -0.1) is 0 Å². The average Bonchev–Trinajstić information content (AvgIpc) is 4.09. The summed E-state index contributed by atoms with van der Waals surface area (Å²) < 4.78 is 0. The van der Waals surface area contributed by atoms with Crippen LogP contribution in [0.15, 0.2) is 133 Å². The van der Waals surface area contributed by atoms with Crippen molar-refractivity contribution < 1.29 is 17.1 Å². The number of hydrogen-bond donors (Lipinski definition) is 0. The maximum Gasteiger partial charge on any atom is 0.0768 e. The second kappa shape index (κ2) is 17.9. The molecular formula is C56H52CuN4. The Morgan fingerprint density at radius 2 is 0.492 bits per heavy atom. The summed E-state index contributed by atoms with van der Waals surface area (Å²) in [6, 6.07) is 47.5. The van der Waals surface area contributed by atoms with Crippen molar-refractivity contribution in [2.45, 2.75) is 80.1 Å². The third-order valence-electron chi connectivity index (χ3n) is 12.4. The van der Waals surface area contributed by atoms with E-state index in [4.69, 9.17) is 19.9 Å². The first-order valence-electron chi connectivity index (χ1n) is 22.0. The van der Waals surface area contributed by atoms with Crippen LogP contribution in [0.25, 0.3) is 0 Å². The summed E-state index contributed by atoms with van der Waals surface area (Å²) in [6.45, 7) is 13.7. The summed E-state index contributed by atoms with van der Waals surface area (Å²) in [5.74, 6) is 4.28. The van der Waals surface area contributed by atoms with E-state index in [1.807, 2.05) is 0 Å². The van der Waals surface area contributed by atoms with Crippen molar-refractivity contribution in [3.63, 3.8) is 0 Å². The van der Waals surface area contributed by atoms with Gasteiger partial charge in [0.15, 0.2) is 0 Å². The SMILES string of the molecule is CCc1c2[n-]c(c1CC)[C+](c1ccccc1)c1[n-]c(c(CC)c1CC)[C+](c1ccccc1)c1[n-]c(c(CC)c1CC)[C+](c1ccccc1)c1ccc([n-]1)[C+]2c1ccccc1.[Cu]. The summed E-state index contributed by atoms with van der Waals surface area (Å²) in [5, 5.41) is 0. The minimum Gasteiger partial charge on any atom is -0.628 e. The minimum atomic E-state index is 0. The molecule has 0 spiro atoms. The second-order valence-corrected chi connectivity index (χ2v) is 15.6. The van der Waals surface area contributed by atoms with Crippen LogP contribution in [-0.4, -0.2) is 0 Å². The first-order chi connectivity index (χ1) is 29.5. The summed E-state index contributed by atoms with van der Waals surface area (Å²) >= 11 is 0. The molecule has 1 radical (unpaired) electrons. The predicted octanol–water partition coefficient (Wildman–Crippen LogP) is 11.3. The molecule has 5 heteroatoms. The van der Waals surface area contributed by atoms with E-state index in [0.717, 1.165) is 130 Å². The van der Waals surface area contributed by atoms with Crippen LogP contribution in [-0.2, 0) is 55.6 Å². The molecule has 0 fully saturated rings. The van der Waals surface area contributed by atoms with Gasteiger partial charge in [-0.2, -0.15) is 0 Å². The van der Waals surface area contributed by atoms with Crippen molar-refractivity contribution in [2.75, 3.05) is 0 Å². The van der Waals surface area contributed by atoms with Crippen LogP contribution in [0.3, 0.4) is 0 Å². The third kappa shape index (κ3) is 7.14. The van der Waals surface area contributed by atoms with Gasteiger partial charge in [0.05, 0.1) is 22.3 Å². The Hall–Kier alpha value is -6.00. The number of hydrogen-bond acceptors (Lipinski definition) is 0. The number of aromatic nitrogens is 4. The van der Waals surface area contributed by atoms with Crippen molar-refractivity contribution >= 4 is 0 Å². The van der Waals surface area contributed by atoms with Crippen molar-refractivity contribution in [3.05, 3.63) is 258 Å². The van der Waals surface area contributed by atoms with E-state index in [2.05, 4.69) is 175 Å². The zero-order valence-corrected chi connectivity index (χ0v) is 37.0. The molecule has 9 rings (SSSR count). The van der Waals surface area contributed by atoms with Gasteiger partial charge in [-0.05, 0) is 118 Å². The smallest absolute Gasteiger partial charge is 0.0768 e. The van der Waals surface area contributed by atoms with Gasteiger partial charge < -0.3 is 19.9 Å². The van der Waals surface area contributed by atoms with Gasteiger partial charge in [-0.3, -0.25) is 0 Å². The fourth-order valence-electron chi connectivity index (χ4n) is 9.77. The standard InChI is InChI=1S/C56H52N4.Cu/c1-7-39-41(9-3)53-49(37-29-21-15-22-30-37)55-43(11-5)44(12-6)56(60-55)50(38-31-23-16-24-32-38)54-42(10-4)40(8-2)52(59-54)48(36-27-19-14-20-28-36)46-34-33-45(57-46)47(51(39)58-53)35-25-17-13-18-26-35;/h13-34H,7-12H2,1-6H3;. The molecule has 0 aliphatic carbocycles. The Kier molecular flexibility index (Phi) is 12.3. The molecule has 0 atom stereocenters. The Labute approximate surface area is 373 Å². The van der Waals surface area contributed by atoms with Crippen LogP contribution in [0, 0.1) is 23.7 Å². The average molecular weight is 845 g/mol. The molecule has 0 amide bonds. The van der Waals surface area contributed by atoms with E-state index in [1.165, 1.54) is 33.4 Å². The third-order valence-corrected chi connectivity index (χ3v) is 12.4. The van der Waals surface area contributed by atoms with E-state index in [9.17, 15) is 0 Å². The number of nitrogens with zero attached hydrogens (tertiary/aromatic N) is 4. The molecule has 4 nitrogen and oxygen atoms in total. The molecule has 1 aliphatic heterocycles. The van der Waals surface area contributed by atoms with E-state index in [-0.39, 0.29) is 17.1 Å². The van der Waals surface area contributed by atoms with Crippen LogP contribution in [0.1, 0.15) is 143 Å². The fourth-order valence-corrected chi connectivity index (χ4v) is 9.77. The molecule has 8 aromatic rings. The van der Waals surface area contributed by atoms with Crippen LogP contribution in [0.5, 0.6) is 0 Å². The molecule has 0 unspecified atom stereocenters. The Bertz CT molecular complexity index is 2500. The molecule has 1 aliphatic rings. The van der Waals surface area contributed by atoms with E-state index < -0.39 is 0 Å². The molecular weight excluding hydrogens is 792 g/mol. The largest absolute Gasteiger partial charge is 0.628 e. The number of benzene rings is 4. The van der Waals surface area contributed by atoms with Gasteiger partial charge in [0.25, 0.3) is 0 Å². The first-order valence-corrected chi connectivity index (χ1v) is 22.0. The summed E-state index contributed by atoms with van der Waals surface area (Å²) in [5.41, 5.74) is 19.9. The van der Waals surface area contributed by atoms with E-state index in [1.54, 1.807) is 0 Å². The molecule has 5 heterocycles. The fraction of sp³-hybridized carbons (Fsp3) is 0.214. The summed E-state index contributed by atoms with van der Waals surface area (Å²) in [6.07, 6.45) is 5.04. The summed E-state index contributed by atoms with van der Waals surface area (Å²) in [7, 11) is 0. The minimum absolute atomic E-state index is 0. The van der Waals surface area contributed by atoms with Crippen LogP contribution >= 0.6 is 0 Å². The molecule has 0 N–H and O–H groups in total. The molecule has 0 saturated heterocycles. The van der Waals surface area contributed by atoms with Gasteiger partial charge >= 0.3 is 0 Å². The zero-order chi connectivity index (χ0) is 41.3. The number of rotatable bonds is 10. The second-order valence-electron chi connectivity index (χ2n) is 15.6. The van der Waals surface area contributed by atoms with Crippen molar-refractivity contribution in [2.24, 2.45) is 0 Å². The molecule has 0 saturated carbocycles. The van der Waals surface area contributed by atoms with Crippen LogP contribution in [0.4, 0.5) is 0 Å². The van der Waals surface area contributed by atoms with E-state index in [0.29, 0.717) is 0 Å². The maximum absolute atomic E-state index is 5.91. The molecule has 307 valence electrons. The summed E-state index contributed by atoms with van der Waals surface area (Å²) in [4.78, 5) is 23.2. The number of fused-ring (bicyclic) bond motifs is 8. The van der Waals surface area contributed by atoms with Gasteiger partial charge in [0, 0.05) is 173 Å². The van der Waals surface area contributed by atoms with Gasteiger partial charge in [0.1, 0.15) is 0 Å². The molecule has 8 bridgehead atoms. The molecule has 61 heavy (non-hydrogen) atoms. The van der Waals surface area contributed by atoms with Crippen molar-refractivity contribution in [1.29, 1.82) is 0 Å². The van der Waals surface area contributed by atoms with Gasteiger partial charge in [-0.1, -0.05) is 41.5 Å². The Morgan fingerprint density at radius 1 is 0.279 bits per heavy atom. The topological polar surface area (TPSA) is 56.4 Å². The maximum atomic E-state index is 5.91. The monoisotopic (exact) mass is 843 g/mol. The zero-order valence-electron chi connectivity index (χ0n) is 36.0. The van der Waals surface area contributed by atoms with Crippen molar-refractivity contribution in [3.8, 4) is 0 Å². The Morgan fingerprint density at radius 3 is 0.721 bits per heavy atom. The first kappa shape index (κ1) is 41.7. The molecule has 4 aromatic heterocycles. The van der Waals surface area contributed by atoms with Crippen LogP contribution in [0.2, 0.25) is 0 Å². The van der Waals surface area contributed by atoms with Gasteiger partial charge in [-0.25, -0.2) is 0 Å². The predicted molar refractivity (Wildman–Crippen MR) is 243 cm³/mol. The quantitative estimate of drug-likeness (QED) is 0.102. The normalized spacial score (nSPS) is 12.6. The van der Waals surface area contributed by atoms with E-state index >= 15 is 0 Å².